The van der Waals surface area contributed by atoms with Gasteiger partial charge in [-0.25, -0.2) is 0 Å². The molecule has 2 aliphatic rings. The predicted molar refractivity (Wildman–Crippen MR) is 117 cm³/mol. The lowest BCUT2D eigenvalue weighted by Crippen LogP contribution is -2.46. The molecule has 4 heteroatoms. The van der Waals surface area contributed by atoms with Gasteiger partial charge in [0, 0.05) is 37.7 Å². The van der Waals surface area contributed by atoms with Crippen LogP contribution in [0.15, 0.2) is 42.5 Å². The van der Waals surface area contributed by atoms with E-state index in [1.54, 1.807) is 0 Å². The Morgan fingerprint density at radius 3 is 2.28 bits per heavy atom. The normalized spacial score (nSPS) is 23.2. The van der Waals surface area contributed by atoms with Gasteiger partial charge in [-0.2, -0.15) is 0 Å². The molecule has 29 heavy (non-hydrogen) atoms. The highest BCUT2D eigenvalue weighted by atomic mass is 16.2. The first kappa shape index (κ1) is 19.9. The molecule has 1 saturated heterocycles. The van der Waals surface area contributed by atoms with Crippen molar-refractivity contribution in [2.75, 3.05) is 20.1 Å². The molecule has 0 unspecified atom stereocenters. The fraction of sp³-hybridized carbons (Fsp3) is 0.520. The molecule has 1 aliphatic heterocycles. The zero-order valence-electron chi connectivity index (χ0n) is 17.6. The van der Waals surface area contributed by atoms with Crippen molar-refractivity contribution >= 4 is 22.6 Å². The van der Waals surface area contributed by atoms with E-state index in [4.69, 9.17) is 0 Å². The minimum atomic E-state index is 0.0518. The van der Waals surface area contributed by atoms with Gasteiger partial charge in [0.1, 0.15) is 0 Å². The maximum Gasteiger partial charge on any atom is 0.254 e. The molecule has 1 saturated carbocycles. The fourth-order valence-corrected chi connectivity index (χ4v) is 5.01. The second-order valence-electron chi connectivity index (χ2n) is 8.96. The topological polar surface area (TPSA) is 40.6 Å². The summed E-state index contributed by atoms with van der Waals surface area (Å²) in [4.78, 5) is 30.1. The Bertz CT molecular complexity index is 872. The zero-order valence-corrected chi connectivity index (χ0v) is 17.6. The number of hydrogen-bond donors (Lipinski definition) is 0. The Hall–Kier alpha value is -2.36. The monoisotopic (exact) mass is 392 g/mol. The average Bonchev–Trinajstić information content (AvgIpc) is 2.78. The highest BCUT2D eigenvalue weighted by Gasteiger charge is 2.33. The molecule has 154 valence electrons. The van der Waals surface area contributed by atoms with Crippen molar-refractivity contribution < 1.29 is 9.59 Å². The molecule has 4 rings (SSSR count). The fourth-order valence-electron chi connectivity index (χ4n) is 5.01. The van der Waals surface area contributed by atoms with Crippen LogP contribution in [-0.4, -0.2) is 47.8 Å². The SMILES string of the molecule is CC1CCC(N(C)C(=O)C2CCN(C(=O)c3cccc4ccccc34)CC2)CC1. The zero-order chi connectivity index (χ0) is 20.4. The van der Waals surface area contributed by atoms with Gasteiger partial charge in [-0.3, -0.25) is 9.59 Å². The van der Waals surface area contributed by atoms with Gasteiger partial charge in [0.05, 0.1) is 0 Å². The first-order valence-electron chi connectivity index (χ1n) is 11.1. The number of benzene rings is 2. The summed E-state index contributed by atoms with van der Waals surface area (Å²) in [7, 11) is 1.98. The quantitative estimate of drug-likeness (QED) is 0.758. The van der Waals surface area contributed by atoms with Crippen LogP contribution < -0.4 is 0 Å². The number of carbonyl (C=O) groups excluding carboxylic acids is 2. The van der Waals surface area contributed by atoms with Crippen LogP contribution in [0.3, 0.4) is 0 Å². The third-order valence-corrected chi connectivity index (χ3v) is 7.03. The molecular formula is C25H32N2O2. The van der Waals surface area contributed by atoms with Crippen molar-refractivity contribution in [1.29, 1.82) is 0 Å². The van der Waals surface area contributed by atoms with Crippen LogP contribution in [0.4, 0.5) is 0 Å². The first-order chi connectivity index (χ1) is 14.0. The summed E-state index contributed by atoms with van der Waals surface area (Å²) in [6.07, 6.45) is 6.23. The molecule has 0 N–H and O–H groups in total. The Morgan fingerprint density at radius 2 is 1.55 bits per heavy atom. The van der Waals surface area contributed by atoms with E-state index >= 15 is 0 Å². The largest absolute Gasteiger partial charge is 0.343 e. The molecule has 0 atom stereocenters. The second-order valence-corrected chi connectivity index (χ2v) is 8.96. The van der Waals surface area contributed by atoms with Crippen molar-refractivity contribution in [1.82, 2.24) is 9.80 Å². The summed E-state index contributed by atoms with van der Waals surface area (Å²) in [5.41, 5.74) is 0.765. The van der Waals surface area contributed by atoms with Crippen molar-refractivity contribution in [2.24, 2.45) is 11.8 Å². The molecule has 0 bridgehead atoms. The number of hydrogen-bond acceptors (Lipinski definition) is 2. The summed E-state index contributed by atoms with van der Waals surface area (Å²) in [5.74, 6) is 1.21. The van der Waals surface area contributed by atoms with Crippen LogP contribution in [0.25, 0.3) is 10.8 Å². The Balaban J connectivity index is 1.37. The van der Waals surface area contributed by atoms with Gasteiger partial charge in [-0.05, 0) is 61.3 Å². The van der Waals surface area contributed by atoms with Crippen molar-refractivity contribution in [3.05, 3.63) is 48.0 Å². The van der Waals surface area contributed by atoms with Gasteiger partial charge in [0.25, 0.3) is 5.91 Å². The number of piperidine rings is 1. The molecule has 2 aromatic rings. The molecule has 4 nitrogen and oxygen atoms in total. The number of rotatable bonds is 3. The van der Waals surface area contributed by atoms with E-state index in [1.807, 2.05) is 59.3 Å². The molecule has 0 aromatic heterocycles. The molecular weight excluding hydrogens is 360 g/mol. The van der Waals surface area contributed by atoms with Gasteiger partial charge in [-0.1, -0.05) is 43.3 Å². The van der Waals surface area contributed by atoms with Crippen LogP contribution in [-0.2, 0) is 4.79 Å². The Kier molecular flexibility index (Phi) is 5.89. The van der Waals surface area contributed by atoms with Crippen molar-refractivity contribution in [3.8, 4) is 0 Å². The van der Waals surface area contributed by atoms with E-state index in [9.17, 15) is 9.59 Å². The molecule has 2 amide bonds. The number of likely N-dealkylation sites (tertiary alicyclic amines) is 1. The van der Waals surface area contributed by atoms with E-state index in [0.29, 0.717) is 19.1 Å². The lowest BCUT2D eigenvalue weighted by molar-refractivity contribution is -0.138. The lowest BCUT2D eigenvalue weighted by Gasteiger charge is -2.38. The first-order valence-corrected chi connectivity index (χ1v) is 11.1. The van der Waals surface area contributed by atoms with Crippen LogP contribution >= 0.6 is 0 Å². The number of carbonyl (C=O) groups is 2. The van der Waals surface area contributed by atoms with Gasteiger partial charge in [-0.15, -0.1) is 0 Å². The number of amides is 2. The summed E-state index contributed by atoms with van der Waals surface area (Å²) >= 11 is 0. The number of fused-ring (bicyclic) bond motifs is 1. The Morgan fingerprint density at radius 1 is 0.897 bits per heavy atom. The maximum absolute atomic E-state index is 13.1. The van der Waals surface area contributed by atoms with Gasteiger partial charge >= 0.3 is 0 Å². The highest BCUT2D eigenvalue weighted by Crippen LogP contribution is 2.29. The minimum absolute atomic E-state index is 0.0518. The van der Waals surface area contributed by atoms with Crippen LogP contribution in [0.2, 0.25) is 0 Å². The van der Waals surface area contributed by atoms with Crippen molar-refractivity contribution in [3.63, 3.8) is 0 Å². The highest BCUT2D eigenvalue weighted by molar-refractivity contribution is 6.07. The summed E-state index contributed by atoms with van der Waals surface area (Å²) in [6, 6.07) is 14.3. The molecule has 1 aliphatic carbocycles. The minimum Gasteiger partial charge on any atom is -0.343 e. The van der Waals surface area contributed by atoms with Crippen LogP contribution in [0, 0.1) is 11.8 Å². The summed E-state index contributed by atoms with van der Waals surface area (Å²) < 4.78 is 0. The van der Waals surface area contributed by atoms with E-state index in [0.717, 1.165) is 47.9 Å². The van der Waals surface area contributed by atoms with Crippen LogP contribution in [0.5, 0.6) is 0 Å². The van der Waals surface area contributed by atoms with Crippen LogP contribution in [0.1, 0.15) is 55.8 Å². The Labute approximate surface area is 173 Å². The average molecular weight is 393 g/mol. The third-order valence-electron chi connectivity index (χ3n) is 7.03. The maximum atomic E-state index is 13.1. The number of nitrogens with zero attached hydrogens (tertiary/aromatic N) is 2. The molecule has 2 aromatic carbocycles. The summed E-state index contributed by atoms with van der Waals surface area (Å²) in [6.45, 7) is 3.63. The predicted octanol–water partition coefficient (Wildman–Crippen LogP) is 4.73. The van der Waals surface area contributed by atoms with Crippen molar-refractivity contribution in [2.45, 2.75) is 51.5 Å². The molecule has 2 fully saturated rings. The molecule has 0 radical (unpaired) electrons. The van der Waals surface area contributed by atoms with E-state index in [2.05, 4.69) is 6.92 Å². The summed E-state index contributed by atoms with van der Waals surface area (Å²) in [5, 5.41) is 2.09. The van der Waals surface area contributed by atoms with Gasteiger partial charge in [0.15, 0.2) is 0 Å². The molecule has 0 spiro atoms. The smallest absolute Gasteiger partial charge is 0.254 e. The third kappa shape index (κ3) is 4.17. The second kappa shape index (κ2) is 8.56. The van der Waals surface area contributed by atoms with E-state index in [1.165, 1.54) is 12.8 Å². The van der Waals surface area contributed by atoms with E-state index in [-0.39, 0.29) is 17.7 Å². The standard InChI is InChI=1S/C25H32N2O2/c1-18-10-12-21(13-11-18)26(2)24(28)20-14-16-27(17-15-20)25(29)23-9-5-7-19-6-3-4-8-22(19)23/h3-9,18,20-21H,10-17H2,1-2H3. The van der Waals surface area contributed by atoms with Gasteiger partial charge < -0.3 is 9.80 Å². The van der Waals surface area contributed by atoms with E-state index < -0.39 is 0 Å². The molecule has 1 heterocycles. The lowest BCUT2D eigenvalue weighted by atomic mass is 9.86. The van der Waals surface area contributed by atoms with Gasteiger partial charge in [0.2, 0.25) is 5.91 Å².